The number of halogens is 10. The van der Waals surface area contributed by atoms with E-state index in [0.717, 1.165) is 6.07 Å². The second kappa shape index (κ2) is 7.91. The van der Waals surface area contributed by atoms with Gasteiger partial charge in [0.05, 0.1) is 0 Å². The molecule has 0 saturated carbocycles. The van der Waals surface area contributed by atoms with Crippen LogP contribution < -0.4 is 10.1 Å². The highest BCUT2D eigenvalue weighted by Gasteiger charge is 2.42. The van der Waals surface area contributed by atoms with Crippen molar-refractivity contribution in [2.24, 2.45) is 0 Å². The van der Waals surface area contributed by atoms with Crippen molar-refractivity contribution in [1.29, 1.82) is 0 Å². The average molecular weight is 451 g/mol. The van der Waals surface area contributed by atoms with Gasteiger partial charge in [-0.05, 0) is 18.2 Å². The molecule has 2 aromatic carbocycles. The molecule has 0 aliphatic heterocycles. The normalized spacial score (nSPS) is 12.1. The van der Waals surface area contributed by atoms with Crippen molar-refractivity contribution in [1.82, 2.24) is 0 Å². The average Bonchev–Trinajstić information content (AvgIpc) is 2.58. The topological polar surface area (TPSA) is 58.6 Å². The summed E-state index contributed by atoms with van der Waals surface area (Å²) < 4.78 is 133. The fourth-order valence-electron chi connectivity index (χ4n) is 2.29. The lowest BCUT2D eigenvalue weighted by Gasteiger charge is -2.16. The Balaban J connectivity index is 2.38. The van der Waals surface area contributed by atoms with Crippen molar-refractivity contribution in [2.75, 3.05) is 5.32 Å². The molecule has 0 amide bonds. The third-order valence-corrected chi connectivity index (χ3v) is 3.54. The Morgan fingerprint density at radius 2 is 1.47 bits per heavy atom. The molecule has 2 rings (SSSR count). The molecule has 2 aromatic rings. The molecule has 2 N–H and O–H groups in total. The maximum atomic E-state index is 13.8. The van der Waals surface area contributed by atoms with E-state index < -0.39 is 76.4 Å². The molecule has 0 aliphatic carbocycles. The van der Waals surface area contributed by atoms with Crippen LogP contribution in [0.3, 0.4) is 0 Å². The first kappa shape index (κ1) is 23.1. The molecule has 0 aromatic heterocycles. The van der Waals surface area contributed by atoms with Crippen LogP contribution in [0.15, 0.2) is 18.2 Å². The van der Waals surface area contributed by atoms with Gasteiger partial charge in [-0.1, -0.05) is 0 Å². The van der Waals surface area contributed by atoms with Crippen molar-refractivity contribution in [3.63, 3.8) is 0 Å². The van der Waals surface area contributed by atoms with Gasteiger partial charge in [-0.25, -0.2) is 22.4 Å². The highest BCUT2D eigenvalue weighted by Crippen LogP contribution is 2.37. The monoisotopic (exact) mass is 451 g/mol. The van der Waals surface area contributed by atoms with E-state index in [0.29, 0.717) is 12.1 Å². The first-order valence-electron chi connectivity index (χ1n) is 7.42. The maximum absolute atomic E-state index is 13.8. The predicted molar refractivity (Wildman–Crippen MR) is 78.7 cm³/mol. The number of alkyl halides is 6. The van der Waals surface area contributed by atoms with E-state index in [2.05, 4.69) is 4.74 Å². The Labute approximate surface area is 159 Å². The molecular formula is C16H7F10NO3. The molecule has 30 heavy (non-hydrogen) atoms. The molecule has 4 nitrogen and oxygen atoms in total. The highest BCUT2D eigenvalue weighted by molar-refractivity contribution is 5.92. The lowest BCUT2D eigenvalue weighted by molar-refractivity contribution is -0.274. The predicted octanol–water partition coefficient (Wildman–Crippen LogP) is 5.47. The molecule has 0 spiro atoms. The minimum absolute atomic E-state index is 0.401. The van der Waals surface area contributed by atoms with Gasteiger partial charge >= 0.3 is 18.5 Å². The zero-order valence-electron chi connectivity index (χ0n) is 14.0. The van der Waals surface area contributed by atoms with Gasteiger partial charge in [-0.3, -0.25) is 0 Å². The Bertz CT molecular complexity index is 956. The molecule has 14 heteroatoms. The number of benzene rings is 2. The van der Waals surface area contributed by atoms with Crippen LogP contribution in [0.2, 0.25) is 0 Å². The third kappa shape index (κ3) is 4.86. The zero-order chi connectivity index (χ0) is 23.0. The second-order valence-corrected chi connectivity index (χ2v) is 5.52. The lowest BCUT2D eigenvalue weighted by atomic mass is 10.1. The molecular weight excluding hydrogens is 444 g/mol. The van der Waals surface area contributed by atoms with E-state index in [1.807, 2.05) is 5.32 Å². The standard InChI is InChI=1S/C16H7F10NO3/c17-10-7(11(18)13(20)9(12(10)19)15(21,22)23)4-27-5-1-2-8(30-16(24,25)26)6(3-5)14(28)29/h1-3,27H,4H2,(H,28,29). The quantitative estimate of drug-likeness (QED) is 0.468. The molecule has 0 radical (unpaired) electrons. The third-order valence-electron chi connectivity index (χ3n) is 3.54. The Morgan fingerprint density at radius 3 is 1.90 bits per heavy atom. The minimum Gasteiger partial charge on any atom is -0.478 e. The summed E-state index contributed by atoms with van der Waals surface area (Å²) in [6, 6.07) is 1.83. The number of aromatic carboxylic acids is 1. The summed E-state index contributed by atoms with van der Waals surface area (Å²) in [5, 5.41) is 11.0. The second-order valence-electron chi connectivity index (χ2n) is 5.52. The highest BCUT2D eigenvalue weighted by atomic mass is 19.4. The van der Waals surface area contributed by atoms with Gasteiger partial charge in [-0.15, -0.1) is 13.2 Å². The number of hydrogen-bond donors (Lipinski definition) is 2. The number of carboxylic acids is 1. The number of rotatable bonds is 5. The molecule has 164 valence electrons. The van der Waals surface area contributed by atoms with Gasteiger partial charge in [0.2, 0.25) is 0 Å². The first-order chi connectivity index (χ1) is 13.6. The van der Waals surface area contributed by atoms with Crippen LogP contribution in [-0.4, -0.2) is 17.4 Å². The number of nitrogens with one attached hydrogen (secondary N) is 1. The number of carbonyl (C=O) groups is 1. The fourth-order valence-corrected chi connectivity index (χ4v) is 2.29. The summed E-state index contributed by atoms with van der Waals surface area (Å²) in [5.74, 6) is -13.1. The van der Waals surface area contributed by atoms with Crippen molar-refractivity contribution >= 4 is 11.7 Å². The maximum Gasteiger partial charge on any atom is 0.573 e. The van der Waals surface area contributed by atoms with E-state index in [1.54, 1.807) is 0 Å². The van der Waals surface area contributed by atoms with Crippen LogP contribution in [0.4, 0.5) is 49.6 Å². The number of ether oxygens (including phenoxy) is 1. The van der Waals surface area contributed by atoms with Crippen LogP contribution in [0, 0.1) is 23.3 Å². The fraction of sp³-hybridized carbons (Fsp3) is 0.188. The van der Waals surface area contributed by atoms with Crippen LogP contribution >= 0.6 is 0 Å². The molecule has 0 atom stereocenters. The van der Waals surface area contributed by atoms with Crippen LogP contribution in [0.1, 0.15) is 21.5 Å². The van der Waals surface area contributed by atoms with Crippen LogP contribution in [0.5, 0.6) is 5.75 Å². The summed E-state index contributed by atoms with van der Waals surface area (Å²) in [5.41, 5.74) is -5.71. The van der Waals surface area contributed by atoms with Gasteiger partial charge in [-0.2, -0.15) is 13.2 Å². The van der Waals surface area contributed by atoms with Gasteiger partial charge in [0.15, 0.2) is 23.3 Å². The molecule has 0 heterocycles. The van der Waals surface area contributed by atoms with Crippen LogP contribution in [-0.2, 0) is 12.7 Å². The number of hydrogen-bond acceptors (Lipinski definition) is 3. The summed E-state index contributed by atoms with van der Waals surface area (Å²) in [6.07, 6.45) is -11.0. The summed E-state index contributed by atoms with van der Waals surface area (Å²) in [4.78, 5) is 11.1. The minimum atomic E-state index is -5.73. The first-order valence-corrected chi connectivity index (χ1v) is 7.42. The largest absolute Gasteiger partial charge is 0.573 e. The van der Waals surface area contributed by atoms with Crippen LogP contribution in [0.25, 0.3) is 0 Å². The molecule has 0 fully saturated rings. The van der Waals surface area contributed by atoms with E-state index in [9.17, 15) is 48.7 Å². The molecule has 0 saturated heterocycles. The van der Waals surface area contributed by atoms with Gasteiger partial charge in [0.25, 0.3) is 0 Å². The van der Waals surface area contributed by atoms with Gasteiger partial charge in [0.1, 0.15) is 16.9 Å². The van der Waals surface area contributed by atoms with E-state index >= 15 is 0 Å². The van der Waals surface area contributed by atoms with Crippen molar-refractivity contribution in [2.45, 2.75) is 19.1 Å². The van der Waals surface area contributed by atoms with Crippen molar-refractivity contribution in [3.05, 3.63) is 58.2 Å². The number of anilines is 1. The Hall–Kier alpha value is -3.19. The summed E-state index contributed by atoms with van der Waals surface area (Å²) in [7, 11) is 0. The SMILES string of the molecule is O=C(O)c1cc(NCc2c(F)c(F)c(C(F)(F)F)c(F)c2F)ccc1OC(F)(F)F. The Morgan fingerprint density at radius 1 is 0.933 bits per heavy atom. The number of carboxylic acid groups (broad SMARTS) is 1. The molecule has 0 aliphatic rings. The van der Waals surface area contributed by atoms with Gasteiger partial charge < -0.3 is 15.2 Å². The van der Waals surface area contributed by atoms with E-state index in [-0.39, 0.29) is 0 Å². The molecule has 0 unspecified atom stereocenters. The lowest BCUT2D eigenvalue weighted by Crippen LogP contribution is -2.19. The smallest absolute Gasteiger partial charge is 0.478 e. The van der Waals surface area contributed by atoms with E-state index in [1.165, 1.54) is 0 Å². The summed E-state index contributed by atoms with van der Waals surface area (Å²) >= 11 is 0. The zero-order valence-corrected chi connectivity index (χ0v) is 14.0. The van der Waals surface area contributed by atoms with Gasteiger partial charge in [0, 0.05) is 17.8 Å². The van der Waals surface area contributed by atoms with Crippen molar-refractivity contribution < 1.29 is 58.5 Å². The molecule has 0 bridgehead atoms. The summed E-state index contributed by atoms with van der Waals surface area (Å²) in [6.45, 7) is -1.18. The Kier molecular flexibility index (Phi) is 6.09. The van der Waals surface area contributed by atoms with Crippen molar-refractivity contribution in [3.8, 4) is 5.75 Å². The van der Waals surface area contributed by atoms with E-state index in [4.69, 9.17) is 5.11 Å².